The summed E-state index contributed by atoms with van der Waals surface area (Å²) in [5.41, 5.74) is 1.15. The number of pyridine rings is 1. The summed E-state index contributed by atoms with van der Waals surface area (Å²) in [5, 5.41) is 8.84. The number of nitrogens with zero attached hydrogens (tertiary/aromatic N) is 2. The molecule has 0 amide bonds. The van der Waals surface area contributed by atoms with E-state index in [-0.39, 0.29) is 11.6 Å². The van der Waals surface area contributed by atoms with Crippen LogP contribution in [0.4, 0.5) is 4.39 Å². The summed E-state index contributed by atoms with van der Waals surface area (Å²) < 4.78 is 18.2. The van der Waals surface area contributed by atoms with Crippen molar-refractivity contribution in [1.82, 2.24) is 4.98 Å². The van der Waals surface area contributed by atoms with Gasteiger partial charge >= 0.3 is 0 Å². The maximum Gasteiger partial charge on any atom is 0.138 e. The van der Waals surface area contributed by atoms with Crippen molar-refractivity contribution in [2.24, 2.45) is 0 Å². The molecule has 0 spiro atoms. The van der Waals surface area contributed by atoms with Crippen LogP contribution >= 0.6 is 11.6 Å². The van der Waals surface area contributed by atoms with Crippen LogP contribution in [0, 0.1) is 17.1 Å². The predicted octanol–water partition coefficient (Wildman–Crippen LogP) is 3.32. The third kappa shape index (κ3) is 2.96. The first kappa shape index (κ1) is 12.3. The fourth-order valence-corrected chi connectivity index (χ4v) is 1.54. The summed E-state index contributed by atoms with van der Waals surface area (Å²) in [4.78, 5) is 4.05. The second-order valence-electron chi connectivity index (χ2n) is 3.51. The number of benzene rings is 1. The summed E-state index contributed by atoms with van der Waals surface area (Å²) >= 11 is 5.81. The van der Waals surface area contributed by atoms with E-state index in [9.17, 15) is 4.39 Å². The molecule has 0 aliphatic rings. The highest BCUT2D eigenvalue weighted by molar-refractivity contribution is 6.32. The monoisotopic (exact) mass is 262 g/mol. The van der Waals surface area contributed by atoms with E-state index >= 15 is 0 Å². The molecule has 5 heteroatoms. The molecule has 0 fully saturated rings. The molecule has 0 unspecified atom stereocenters. The smallest absolute Gasteiger partial charge is 0.138 e. The summed E-state index contributed by atoms with van der Waals surface area (Å²) in [7, 11) is 0. The molecule has 0 N–H and O–H groups in total. The average molecular weight is 263 g/mol. The van der Waals surface area contributed by atoms with Crippen molar-refractivity contribution in [1.29, 1.82) is 5.26 Å². The Kier molecular flexibility index (Phi) is 3.75. The lowest BCUT2D eigenvalue weighted by atomic mass is 10.3. The van der Waals surface area contributed by atoms with Gasteiger partial charge in [-0.1, -0.05) is 11.6 Å². The lowest BCUT2D eigenvalue weighted by Gasteiger charge is -2.07. The van der Waals surface area contributed by atoms with Crippen LogP contribution in [0.5, 0.6) is 5.75 Å². The second kappa shape index (κ2) is 5.48. The van der Waals surface area contributed by atoms with Crippen LogP contribution in [0.25, 0.3) is 0 Å². The predicted molar refractivity (Wildman–Crippen MR) is 64.7 cm³/mol. The Hall–Kier alpha value is -2.12. The summed E-state index contributed by atoms with van der Waals surface area (Å²) in [6, 6.07) is 9.23. The molecule has 18 heavy (non-hydrogen) atoms. The molecule has 0 aliphatic carbocycles. The largest absolute Gasteiger partial charge is 0.486 e. The standard InChI is InChI=1S/C13H8ClFN2O/c14-12-5-10(15)2-4-13(12)18-8-11-3-1-9(6-16)7-17-11/h1-5,7H,8H2. The van der Waals surface area contributed by atoms with E-state index in [0.29, 0.717) is 17.0 Å². The summed E-state index contributed by atoms with van der Waals surface area (Å²) in [6.45, 7) is 0.205. The molecule has 2 rings (SSSR count). The van der Waals surface area contributed by atoms with Crippen LogP contribution in [-0.2, 0) is 6.61 Å². The van der Waals surface area contributed by atoms with Crippen LogP contribution < -0.4 is 4.74 Å². The van der Waals surface area contributed by atoms with Gasteiger partial charge in [-0.3, -0.25) is 4.98 Å². The van der Waals surface area contributed by atoms with Crippen LogP contribution in [0.1, 0.15) is 11.3 Å². The Morgan fingerprint density at radius 2 is 2.17 bits per heavy atom. The number of rotatable bonds is 3. The quantitative estimate of drug-likeness (QED) is 0.852. The molecule has 1 aromatic heterocycles. The Morgan fingerprint density at radius 3 is 2.78 bits per heavy atom. The van der Waals surface area contributed by atoms with E-state index in [0.717, 1.165) is 0 Å². The molecule has 1 aromatic carbocycles. The molecule has 3 nitrogen and oxygen atoms in total. The Labute approximate surface area is 108 Å². The summed E-state index contributed by atoms with van der Waals surface area (Å²) in [5.74, 6) is -0.0203. The van der Waals surface area contributed by atoms with Gasteiger partial charge < -0.3 is 4.74 Å². The fourth-order valence-electron chi connectivity index (χ4n) is 1.32. The zero-order chi connectivity index (χ0) is 13.0. The van der Waals surface area contributed by atoms with Gasteiger partial charge in [0.2, 0.25) is 0 Å². The normalized spacial score (nSPS) is 9.83. The lowest BCUT2D eigenvalue weighted by Crippen LogP contribution is -1.98. The third-order valence-corrected chi connectivity index (χ3v) is 2.52. The number of aromatic nitrogens is 1. The first-order valence-corrected chi connectivity index (χ1v) is 5.50. The molecule has 1 heterocycles. The van der Waals surface area contributed by atoms with Gasteiger partial charge in [0.15, 0.2) is 0 Å². The minimum atomic E-state index is -0.413. The Balaban J connectivity index is 2.04. The van der Waals surface area contributed by atoms with Gasteiger partial charge in [0.05, 0.1) is 16.3 Å². The SMILES string of the molecule is N#Cc1ccc(COc2ccc(F)cc2Cl)nc1. The van der Waals surface area contributed by atoms with Crippen LogP contribution in [-0.4, -0.2) is 4.98 Å². The van der Waals surface area contributed by atoms with Gasteiger partial charge in [-0.15, -0.1) is 0 Å². The molecule has 0 bridgehead atoms. The first-order valence-electron chi connectivity index (χ1n) is 5.12. The molecule has 0 radical (unpaired) electrons. The van der Waals surface area contributed by atoms with Gasteiger partial charge in [0.25, 0.3) is 0 Å². The number of hydrogen-bond acceptors (Lipinski definition) is 3. The van der Waals surface area contributed by atoms with Crippen LogP contribution in [0.15, 0.2) is 36.5 Å². The van der Waals surface area contributed by atoms with E-state index in [2.05, 4.69) is 4.98 Å². The molecule has 90 valence electrons. The maximum absolute atomic E-state index is 12.8. The van der Waals surface area contributed by atoms with Gasteiger partial charge in [0.1, 0.15) is 24.2 Å². The van der Waals surface area contributed by atoms with Crippen molar-refractivity contribution in [2.75, 3.05) is 0 Å². The lowest BCUT2D eigenvalue weighted by molar-refractivity contribution is 0.301. The molecular formula is C13H8ClFN2O. The number of hydrogen-bond donors (Lipinski definition) is 0. The van der Waals surface area contributed by atoms with E-state index in [4.69, 9.17) is 21.6 Å². The molecule has 0 aliphatic heterocycles. The average Bonchev–Trinajstić information content (AvgIpc) is 2.38. The zero-order valence-electron chi connectivity index (χ0n) is 9.23. The van der Waals surface area contributed by atoms with Crippen LogP contribution in [0.2, 0.25) is 5.02 Å². The first-order chi connectivity index (χ1) is 8.69. The van der Waals surface area contributed by atoms with Gasteiger partial charge in [-0.2, -0.15) is 5.26 Å². The molecule has 2 aromatic rings. The number of nitriles is 1. The molecule has 0 saturated carbocycles. The van der Waals surface area contributed by atoms with E-state index in [1.54, 1.807) is 12.1 Å². The van der Waals surface area contributed by atoms with Crippen molar-refractivity contribution < 1.29 is 9.13 Å². The van der Waals surface area contributed by atoms with Gasteiger partial charge in [0, 0.05) is 6.20 Å². The molecule has 0 atom stereocenters. The minimum Gasteiger partial charge on any atom is -0.486 e. The highest BCUT2D eigenvalue weighted by Crippen LogP contribution is 2.25. The van der Waals surface area contributed by atoms with Crippen molar-refractivity contribution in [2.45, 2.75) is 6.61 Å². The fraction of sp³-hybridized carbons (Fsp3) is 0.0769. The van der Waals surface area contributed by atoms with Crippen molar-refractivity contribution in [3.63, 3.8) is 0 Å². The van der Waals surface area contributed by atoms with Crippen molar-refractivity contribution >= 4 is 11.6 Å². The second-order valence-corrected chi connectivity index (χ2v) is 3.92. The number of halogens is 2. The Bertz CT molecular complexity index is 593. The highest BCUT2D eigenvalue weighted by atomic mass is 35.5. The van der Waals surface area contributed by atoms with Crippen molar-refractivity contribution in [3.05, 3.63) is 58.6 Å². The molecular weight excluding hydrogens is 255 g/mol. The van der Waals surface area contributed by atoms with E-state index in [1.807, 2.05) is 6.07 Å². The minimum absolute atomic E-state index is 0.205. The molecule has 0 saturated heterocycles. The zero-order valence-corrected chi connectivity index (χ0v) is 9.99. The van der Waals surface area contributed by atoms with Crippen molar-refractivity contribution in [3.8, 4) is 11.8 Å². The van der Waals surface area contributed by atoms with Crippen LogP contribution in [0.3, 0.4) is 0 Å². The van der Waals surface area contributed by atoms with Gasteiger partial charge in [-0.05, 0) is 30.3 Å². The number of ether oxygens (including phenoxy) is 1. The topological polar surface area (TPSA) is 45.9 Å². The maximum atomic E-state index is 12.8. The Morgan fingerprint density at radius 1 is 1.33 bits per heavy atom. The van der Waals surface area contributed by atoms with Gasteiger partial charge in [-0.25, -0.2) is 4.39 Å². The highest BCUT2D eigenvalue weighted by Gasteiger charge is 2.04. The van der Waals surface area contributed by atoms with E-state index in [1.165, 1.54) is 24.4 Å². The third-order valence-electron chi connectivity index (χ3n) is 2.22. The van der Waals surface area contributed by atoms with E-state index < -0.39 is 5.82 Å². The summed E-state index contributed by atoms with van der Waals surface area (Å²) in [6.07, 6.45) is 1.46.